The average Bonchev–Trinajstić information content (AvgIpc) is 2.47. The lowest BCUT2D eigenvalue weighted by molar-refractivity contribution is -0.121. The van der Waals surface area contributed by atoms with Crippen LogP contribution in [0.1, 0.15) is 25.8 Å². The zero-order chi connectivity index (χ0) is 17.0. The molecule has 6 heteroatoms. The zero-order valence-electron chi connectivity index (χ0n) is 13.2. The van der Waals surface area contributed by atoms with Crippen LogP contribution in [-0.2, 0) is 14.6 Å². The van der Waals surface area contributed by atoms with Gasteiger partial charge in [0.25, 0.3) is 0 Å². The third-order valence-electron chi connectivity index (χ3n) is 3.63. The number of nitrogens with zero attached hydrogens (tertiary/aromatic N) is 1. The Morgan fingerprint density at radius 2 is 2.13 bits per heavy atom. The third kappa shape index (κ3) is 3.96. The maximum absolute atomic E-state index is 12.3. The van der Waals surface area contributed by atoms with Crippen LogP contribution in [0.5, 0.6) is 0 Å². The molecule has 1 aromatic carbocycles. The molecule has 0 aromatic heterocycles. The van der Waals surface area contributed by atoms with Crippen LogP contribution in [0.15, 0.2) is 52.5 Å². The molecule has 1 aliphatic rings. The molecular weight excluding hydrogens is 312 g/mol. The van der Waals surface area contributed by atoms with Crippen LogP contribution in [0.25, 0.3) is 6.08 Å². The van der Waals surface area contributed by atoms with E-state index >= 15 is 0 Å². The molecule has 0 bridgehead atoms. The smallest absolute Gasteiger partial charge is 0.240 e. The van der Waals surface area contributed by atoms with E-state index in [4.69, 9.17) is 0 Å². The number of hydrogen-bond acceptors (Lipinski definition) is 4. The molecule has 0 saturated carbocycles. The fraction of sp³-hybridized carbons (Fsp3) is 0.294. The molecule has 5 nitrogen and oxygen atoms in total. The minimum Gasteiger partial charge on any atom is -0.273 e. The van der Waals surface area contributed by atoms with Crippen molar-refractivity contribution in [1.29, 1.82) is 0 Å². The number of sulfone groups is 1. The minimum absolute atomic E-state index is 0.00283. The number of carbonyl (C=O) groups is 1. The molecule has 122 valence electrons. The topological polar surface area (TPSA) is 75.6 Å². The van der Waals surface area contributed by atoms with Crippen molar-refractivity contribution in [3.63, 3.8) is 0 Å². The fourth-order valence-electron chi connectivity index (χ4n) is 2.57. The van der Waals surface area contributed by atoms with Crippen molar-refractivity contribution < 1.29 is 13.2 Å². The molecule has 1 amide bonds. The molecule has 0 aliphatic carbocycles. The summed E-state index contributed by atoms with van der Waals surface area (Å²) in [6.45, 7) is 7.29. The predicted molar refractivity (Wildman–Crippen MR) is 91.7 cm³/mol. The van der Waals surface area contributed by atoms with Crippen LogP contribution in [0.2, 0.25) is 0 Å². The molecule has 0 saturated heterocycles. The second-order valence-corrected chi connectivity index (χ2v) is 7.58. The number of rotatable bonds is 5. The van der Waals surface area contributed by atoms with Crippen molar-refractivity contribution in [3.05, 3.63) is 48.1 Å². The van der Waals surface area contributed by atoms with Gasteiger partial charge < -0.3 is 0 Å². The van der Waals surface area contributed by atoms with Crippen LogP contribution in [-0.4, -0.2) is 25.8 Å². The van der Waals surface area contributed by atoms with E-state index in [9.17, 15) is 13.2 Å². The van der Waals surface area contributed by atoms with Gasteiger partial charge in [-0.15, -0.1) is 6.58 Å². The number of carbonyl (C=O) groups excluding carboxylic acids is 1. The second kappa shape index (κ2) is 6.91. The summed E-state index contributed by atoms with van der Waals surface area (Å²) in [5, 5.41) is 4.10. The number of benzene rings is 1. The lowest BCUT2D eigenvalue weighted by Crippen LogP contribution is -2.31. The van der Waals surface area contributed by atoms with E-state index < -0.39 is 9.84 Å². The molecule has 1 atom stereocenters. The second-order valence-electron chi connectivity index (χ2n) is 5.57. The summed E-state index contributed by atoms with van der Waals surface area (Å²) in [5.41, 5.74) is 4.68. The predicted octanol–water partition coefficient (Wildman–Crippen LogP) is 2.56. The number of hydrogen-bond donors (Lipinski definition) is 1. The van der Waals surface area contributed by atoms with Gasteiger partial charge in [0.1, 0.15) is 0 Å². The highest BCUT2D eigenvalue weighted by Gasteiger charge is 2.22. The van der Waals surface area contributed by atoms with Crippen LogP contribution >= 0.6 is 0 Å². The van der Waals surface area contributed by atoms with Gasteiger partial charge in [-0.1, -0.05) is 31.2 Å². The van der Waals surface area contributed by atoms with Crippen LogP contribution in [0.3, 0.4) is 0 Å². The zero-order valence-corrected chi connectivity index (χ0v) is 14.1. The first-order valence-corrected chi connectivity index (χ1v) is 8.98. The average molecular weight is 332 g/mol. The van der Waals surface area contributed by atoms with Gasteiger partial charge in [-0.2, -0.15) is 5.10 Å². The fourth-order valence-corrected chi connectivity index (χ4v) is 3.83. The van der Waals surface area contributed by atoms with E-state index in [0.29, 0.717) is 12.0 Å². The van der Waals surface area contributed by atoms with Crippen LogP contribution in [0, 0.1) is 5.92 Å². The lowest BCUT2D eigenvalue weighted by Gasteiger charge is -2.19. The summed E-state index contributed by atoms with van der Waals surface area (Å²) in [5.74, 6) is -0.218. The molecule has 1 heterocycles. The monoisotopic (exact) mass is 332 g/mol. The van der Waals surface area contributed by atoms with Crippen molar-refractivity contribution in [2.45, 2.75) is 25.2 Å². The van der Waals surface area contributed by atoms with Crippen LogP contribution < -0.4 is 5.43 Å². The van der Waals surface area contributed by atoms with Gasteiger partial charge >= 0.3 is 0 Å². The van der Waals surface area contributed by atoms with E-state index in [0.717, 1.165) is 11.3 Å². The molecule has 0 fully saturated rings. The Bertz CT molecular complexity index is 792. The first-order chi connectivity index (χ1) is 10.8. The van der Waals surface area contributed by atoms with Crippen molar-refractivity contribution in [2.75, 3.05) is 5.75 Å². The van der Waals surface area contributed by atoms with E-state index in [1.807, 2.05) is 13.8 Å². The summed E-state index contributed by atoms with van der Waals surface area (Å²) in [4.78, 5) is 11.6. The maximum atomic E-state index is 12.3. The number of allylic oxidation sites excluding steroid dienone is 1. The van der Waals surface area contributed by atoms with Crippen molar-refractivity contribution >= 4 is 27.5 Å². The van der Waals surface area contributed by atoms with E-state index in [1.54, 1.807) is 30.3 Å². The van der Waals surface area contributed by atoms with Gasteiger partial charge in [0.2, 0.25) is 5.91 Å². The highest BCUT2D eigenvalue weighted by atomic mass is 32.2. The van der Waals surface area contributed by atoms with Gasteiger partial charge in [-0.3, -0.25) is 4.79 Å². The Labute approximate surface area is 136 Å². The Hall–Kier alpha value is -2.21. The molecule has 0 radical (unpaired) electrons. The van der Waals surface area contributed by atoms with Crippen LogP contribution in [0.4, 0.5) is 0 Å². The molecular formula is C17H20N2O3S. The third-order valence-corrected chi connectivity index (χ3v) is 5.34. The largest absolute Gasteiger partial charge is 0.273 e. The molecule has 2 rings (SSSR count). The summed E-state index contributed by atoms with van der Waals surface area (Å²) < 4.78 is 24.7. The normalized spacial score (nSPS) is 19.0. The highest BCUT2D eigenvalue weighted by molar-refractivity contribution is 7.91. The maximum Gasteiger partial charge on any atom is 0.240 e. The number of hydrazone groups is 1. The van der Waals surface area contributed by atoms with Crippen molar-refractivity contribution in [1.82, 2.24) is 5.43 Å². The van der Waals surface area contributed by atoms with E-state index in [1.165, 1.54) is 6.08 Å². The van der Waals surface area contributed by atoms with Gasteiger partial charge in [-0.05, 0) is 30.2 Å². The quantitative estimate of drug-likeness (QED) is 0.842. The number of amides is 1. The van der Waals surface area contributed by atoms with Crippen molar-refractivity contribution in [3.8, 4) is 0 Å². The molecule has 23 heavy (non-hydrogen) atoms. The Morgan fingerprint density at radius 3 is 2.78 bits per heavy atom. The van der Waals surface area contributed by atoms with E-state index in [-0.39, 0.29) is 22.5 Å². The first kappa shape index (κ1) is 17.1. The van der Waals surface area contributed by atoms with Crippen molar-refractivity contribution in [2.24, 2.45) is 11.0 Å². The summed E-state index contributed by atoms with van der Waals surface area (Å²) in [6, 6.07) is 6.83. The Morgan fingerprint density at radius 1 is 1.43 bits per heavy atom. The van der Waals surface area contributed by atoms with Gasteiger partial charge in [0, 0.05) is 12.3 Å². The SMILES string of the molecule is C=CCS(=O)(=O)c1ccccc1C=C(C)C1=NNC(=O)CC1C. The molecule has 1 unspecified atom stereocenters. The highest BCUT2D eigenvalue weighted by Crippen LogP contribution is 2.23. The lowest BCUT2D eigenvalue weighted by atomic mass is 9.93. The Kier molecular flexibility index (Phi) is 5.15. The van der Waals surface area contributed by atoms with E-state index in [2.05, 4.69) is 17.1 Å². The molecule has 1 aromatic rings. The Balaban J connectivity index is 2.44. The standard InChI is InChI=1S/C17H20N2O3S/c1-4-9-23(21,22)15-8-6-5-7-14(15)10-12(2)17-13(3)11-16(20)18-19-17/h4-8,10,13H,1,9,11H2,2-3H3,(H,18,20). The first-order valence-electron chi connectivity index (χ1n) is 7.33. The molecule has 1 aliphatic heterocycles. The number of nitrogens with one attached hydrogen (secondary N) is 1. The molecule has 1 N–H and O–H groups in total. The minimum atomic E-state index is -3.41. The summed E-state index contributed by atoms with van der Waals surface area (Å²) in [6.07, 6.45) is 3.55. The van der Waals surface area contributed by atoms with Gasteiger partial charge in [-0.25, -0.2) is 13.8 Å². The van der Waals surface area contributed by atoms with Gasteiger partial charge in [0.05, 0.1) is 16.4 Å². The molecule has 0 spiro atoms. The van der Waals surface area contributed by atoms with Gasteiger partial charge in [0.15, 0.2) is 9.84 Å². The summed E-state index contributed by atoms with van der Waals surface area (Å²) in [7, 11) is -3.41. The summed E-state index contributed by atoms with van der Waals surface area (Å²) >= 11 is 0.